The Labute approximate surface area is 194 Å². The highest BCUT2D eigenvalue weighted by Crippen LogP contribution is 2.34. The monoisotopic (exact) mass is 486 g/mol. The van der Waals surface area contributed by atoms with E-state index in [2.05, 4.69) is 25.0 Å². The van der Waals surface area contributed by atoms with Crippen molar-refractivity contribution in [3.8, 4) is 11.8 Å². The van der Waals surface area contributed by atoms with Gasteiger partial charge in [0, 0.05) is 23.6 Å². The minimum Gasteiger partial charge on any atom is -0.481 e. The fourth-order valence-electron chi connectivity index (χ4n) is 3.26. The molecule has 0 bridgehead atoms. The maximum atomic E-state index is 15.0. The molecule has 1 unspecified atom stereocenters. The van der Waals surface area contributed by atoms with E-state index in [1.54, 1.807) is 0 Å². The van der Waals surface area contributed by atoms with Crippen LogP contribution in [0.5, 0.6) is 5.75 Å². The molecule has 0 radical (unpaired) electrons. The number of nitrogens with one attached hydrogen (secondary N) is 2. The van der Waals surface area contributed by atoms with Gasteiger partial charge in [-0.3, -0.25) is 4.79 Å². The largest absolute Gasteiger partial charge is 0.481 e. The Kier molecular flexibility index (Phi) is 6.56. The number of nitrogens with zero attached hydrogens (tertiary/aromatic N) is 4. The Hall–Kier alpha value is -3.85. The summed E-state index contributed by atoms with van der Waals surface area (Å²) in [7, 11) is -2.32. The molecular formula is C22H20F2N6O3S. The Morgan fingerprint density at radius 1 is 1.29 bits per heavy atom. The fourth-order valence-corrected chi connectivity index (χ4v) is 4.71. The summed E-state index contributed by atoms with van der Waals surface area (Å²) in [5.74, 6) is -0.795. The summed E-state index contributed by atoms with van der Waals surface area (Å²) in [6.45, 7) is 1.04. The molecule has 1 aliphatic rings. The lowest BCUT2D eigenvalue weighted by Crippen LogP contribution is -2.35. The zero-order valence-corrected chi connectivity index (χ0v) is 18.9. The molecule has 1 atom stereocenters. The van der Waals surface area contributed by atoms with Crippen LogP contribution in [0.2, 0.25) is 0 Å². The number of halogens is 2. The smallest absolute Gasteiger partial charge is 0.258 e. The third-order valence-corrected chi connectivity index (χ3v) is 7.40. The highest BCUT2D eigenvalue weighted by Gasteiger charge is 2.20. The highest BCUT2D eigenvalue weighted by molar-refractivity contribution is 7.95. The predicted octanol–water partition coefficient (Wildman–Crippen LogP) is 3.56. The Morgan fingerprint density at radius 3 is 2.79 bits per heavy atom. The van der Waals surface area contributed by atoms with Gasteiger partial charge >= 0.3 is 0 Å². The average molecular weight is 487 g/mol. The van der Waals surface area contributed by atoms with E-state index in [0.717, 1.165) is 12.5 Å². The molecule has 9 nitrogen and oxygen atoms in total. The van der Waals surface area contributed by atoms with Crippen molar-refractivity contribution in [3.05, 3.63) is 48.3 Å². The van der Waals surface area contributed by atoms with E-state index < -0.39 is 39.9 Å². The Bertz CT molecular complexity index is 1420. The van der Waals surface area contributed by atoms with Crippen molar-refractivity contribution in [3.63, 3.8) is 0 Å². The van der Waals surface area contributed by atoms with E-state index in [9.17, 15) is 13.4 Å². The van der Waals surface area contributed by atoms with Gasteiger partial charge in [0.2, 0.25) is 0 Å². The van der Waals surface area contributed by atoms with Crippen LogP contribution in [0.4, 0.5) is 26.0 Å². The molecule has 2 heterocycles. The van der Waals surface area contributed by atoms with Gasteiger partial charge in [-0.15, -0.1) is 0 Å². The first kappa shape index (κ1) is 23.3. The molecule has 1 amide bonds. The topological polar surface area (TPSA) is 129 Å². The zero-order chi connectivity index (χ0) is 24.3. The van der Waals surface area contributed by atoms with E-state index >= 15 is 4.39 Å². The molecule has 2 N–H and O–H groups in total. The van der Waals surface area contributed by atoms with Gasteiger partial charge in [0.1, 0.15) is 35.6 Å². The molecule has 4 rings (SSSR count). The van der Waals surface area contributed by atoms with Crippen LogP contribution in [0.3, 0.4) is 0 Å². The first-order valence-corrected chi connectivity index (χ1v) is 12.2. The summed E-state index contributed by atoms with van der Waals surface area (Å²) in [6.07, 6.45) is 2.05. The number of ether oxygens (including phenoxy) is 1. The van der Waals surface area contributed by atoms with Crippen molar-refractivity contribution >= 4 is 43.7 Å². The van der Waals surface area contributed by atoms with E-state index in [0.29, 0.717) is 11.5 Å². The van der Waals surface area contributed by atoms with Crippen LogP contribution in [0.25, 0.3) is 10.9 Å². The second-order valence-corrected chi connectivity index (χ2v) is 10.2. The van der Waals surface area contributed by atoms with Crippen LogP contribution in [0.15, 0.2) is 41.0 Å². The van der Waals surface area contributed by atoms with Crippen LogP contribution < -0.4 is 15.4 Å². The molecule has 12 heteroatoms. The number of hydrogen-bond donors (Lipinski definition) is 2. The van der Waals surface area contributed by atoms with Crippen molar-refractivity contribution in [1.29, 1.82) is 5.26 Å². The molecule has 0 spiro atoms. The van der Waals surface area contributed by atoms with Crippen LogP contribution in [0.1, 0.15) is 13.3 Å². The van der Waals surface area contributed by atoms with Gasteiger partial charge in [0.05, 0.1) is 38.1 Å². The second kappa shape index (κ2) is 9.56. The molecule has 1 saturated heterocycles. The predicted molar refractivity (Wildman–Crippen MR) is 122 cm³/mol. The van der Waals surface area contributed by atoms with Crippen molar-refractivity contribution in [1.82, 2.24) is 15.3 Å². The number of amides is 1. The number of rotatable bonds is 7. The third-order valence-electron chi connectivity index (χ3n) is 5.00. The maximum Gasteiger partial charge on any atom is 0.258 e. The number of nitriles is 1. The SMILES string of the molecule is CC(C#N)NC(=O)COc1cc(F)ccc1Nc1ncnc2cc(N=S3(=O)CCC3)cc(F)c12. The number of anilines is 2. The quantitative estimate of drug-likeness (QED) is 0.522. The van der Waals surface area contributed by atoms with Crippen molar-refractivity contribution in [2.45, 2.75) is 19.4 Å². The molecule has 2 aromatic carbocycles. The van der Waals surface area contributed by atoms with Crippen LogP contribution in [-0.2, 0) is 14.5 Å². The van der Waals surface area contributed by atoms with Gasteiger partial charge in [0.15, 0.2) is 6.61 Å². The van der Waals surface area contributed by atoms with Crippen molar-refractivity contribution in [2.24, 2.45) is 4.36 Å². The molecule has 1 fully saturated rings. The third kappa shape index (κ3) is 5.20. The van der Waals surface area contributed by atoms with Crippen LogP contribution in [0, 0.1) is 23.0 Å². The molecule has 0 aliphatic carbocycles. The highest BCUT2D eigenvalue weighted by atomic mass is 32.2. The van der Waals surface area contributed by atoms with Gasteiger partial charge in [-0.1, -0.05) is 0 Å². The molecule has 176 valence electrons. The first-order valence-electron chi connectivity index (χ1n) is 10.3. The Balaban J connectivity index is 1.62. The number of carbonyl (C=O) groups is 1. The maximum absolute atomic E-state index is 15.0. The number of aromatic nitrogens is 2. The number of benzene rings is 2. The summed E-state index contributed by atoms with van der Waals surface area (Å²) >= 11 is 0. The summed E-state index contributed by atoms with van der Waals surface area (Å²) in [5.41, 5.74) is 0.712. The Morgan fingerprint density at radius 2 is 2.09 bits per heavy atom. The lowest BCUT2D eigenvalue weighted by molar-refractivity contribution is -0.123. The van der Waals surface area contributed by atoms with Crippen molar-refractivity contribution < 1.29 is 22.5 Å². The van der Waals surface area contributed by atoms with Gasteiger partial charge in [-0.25, -0.2) is 23.0 Å². The summed E-state index contributed by atoms with van der Waals surface area (Å²) in [6, 6.07) is 7.43. The standard InChI is InChI=1S/C22H20F2N6O3S/c1-13(10-25)28-20(31)11-33-19-7-14(23)3-4-17(19)29-22-21-16(24)8-15(9-18(21)26-12-27-22)30-34(32)5-2-6-34/h3-4,7-9,12-13H,2,5-6,11H2,1H3,(H,28,31)(H,26,27,29). The first-order chi connectivity index (χ1) is 16.3. The van der Waals surface area contributed by atoms with E-state index in [4.69, 9.17) is 10.00 Å². The summed E-state index contributed by atoms with van der Waals surface area (Å²) in [4.78, 5) is 20.1. The number of fused-ring (bicyclic) bond motifs is 1. The normalized spacial score (nSPS) is 15.0. The van der Waals surface area contributed by atoms with E-state index in [1.807, 2.05) is 6.07 Å². The van der Waals surface area contributed by atoms with Crippen LogP contribution in [-0.4, -0.2) is 44.2 Å². The summed E-state index contributed by atoms with van der Waals surface area (Å²) < 4.78 is 50.9. The molecule has 1 aromatic heterocycles. The minimum absolute atomic E-state index is 0.0135. The van der Waals surface area contributed by atoms with Crippen molar-refractivity contribution in [2.75, 3.05) is 23.4 Å². The van der Waals surface area contributed by atoms with Gasteiger partial charge in [-0.2, -0.15) is 9.62 Å². The lowest BCUT2D eigenvalue weighted by atomic mass is 10.2. The van der Waals surface area contributed by atoms with Gasteiger partial charge in [-0.05, 0) is 31.5 Å². The van der Waals surface area contributed by atoms with E-state index in [1.165, 1.54) is 37.5 Å². The zero-order valence-electron chi connectivity index (χ0n) is 18.0. The van der Waals surface area contributed by atoms with Gasteiger partial charge in [0.25, 0.3) is 5.91 Å². The average Bonchev–Trinajstić information content (AvgIpc) is 2.78. The molecule has 0 saturated carbocycles. The summed E-state index contributed by atoms with van der Waals surface area (Å²) in [5, 5.41) is 14.1. The lowest BCUT2D eigenvalue weighted by Gasteiger charge is -2.18. The molecule has 3 aromatic rings. The molecule has 1 aliphatic heterocycles. The van der Waals surface area contributed by atoms with Gasteiger partial charge < -0.3 is 15.4 Å². The number of carbonyl (C=O) groups excluding carboxylic acids is 1. The molecular weight excluding hydrogens is 466 g/mol. The van der Waals surface area contributed by atoms with Crippen LogP contribution >= 0.6 is 0 Å². The fraction of sp³-hybridized carbons (Fsp3) is 0.273. The number of hydrogen-bond acceptors (Lipinski definition) is 8. The molecule has 34 heavy (non-hydrogen) atoms. The van der Waals surface area contributed by atoms with E-state index in [-0.39, 0.29) is 33.8 Å². The second-order valence-electron chi connectivity index (χ2n) is 7.64. The minimum atomic E-state index is -2.32.